The predicted octanol–water partition coefficient (Wildman–Crippen LogP) is 3.94. The average molecular weight is 276 g/mol. The molecule has 0 saturated heterocycles. The Morgan fingerprint density at radius 2 is 1.80 bits per heavy atom. The molecule has 4 heteroatoms. The maximum atomic E-state index is 4.76. The van der Waals surface area contributed by atoms with Crippen molar-refractivity contribution in [1.29, 1.82) is 0 Å². The lowest BCUT2D eigenvalue weighted by molar-refractivity contribution is 0.538. The van der Waals surface area contributed by atoms with E-state index in [1.165, 1.54) is 12.8 Å². The Kier molecular flexibility index (Phi) is 4.84. The molecule has 112 valence electrons. The molecule has 0 aromatic carbocycles. The maximum absolute atomic E-state index is 4.76. The fraction of sp³-hybridized carbons (Fsp3) is 0.750. The van der Waals surface area contributed by atoms with E-state index in [2.05, 4.69) is 45.3 Å². The minimum absolute atomic E-state index is 0.435. The van der Waals surface area contributed by atoms with Crippen molar-refractivity contribution in [2.45, 2.75) is 65.8 Å². The molecule has 4 nitrogen and oxygen atoms in total. The van der Waals surface area contributed by atoms with Crippen molar-refractivity contribution in [1.82, 2.24) is 9.97 Å². The van der Waals surface area contributed by atoms with Crippen LogP contribution >= 0.6 is 0 Å². The summed E-state index contributed by atoms with van der Waals surface area (Å²) in [7, 11) is 0. The van der Waals surface area contributed by atoms with Gasteiger partial charge in [0.2, 0.25) is 0 Å². The van der Waals surface area contributed by atoms with Crippen LogP contribution in [0.15, 0.2) is 0 Å². The molecule has 0 aliphatic heterocycles. The van der Waals surface area contributed by atoms with E-state index in [-0.39, 0.29) is 0 Å². The summed E-state index contributed by atoms with van der Waals surface area (Å²) in [6.07, 6.45) is 3.62. The zero-order valence-corrected chi connectivity index (χ0v) is 13.5. The molecule has 20 heavy (non-hydrogen) atoms. The Morgan fingerprint density at radius 3 is 2.35 bits per heavy atom. The third-order valence-corrected chi connectivity index (χ3v) is 3.66. The quantitative estimate of drug-likeness (QED) is 0.792. The van der Waals surface area contributed by atoms with E-state index in [9.17, 15) is 0 Å². The Labute approximate surface area is 122 Å². The van der Waals surface area contributed by atoms with E-state index in [0.29, 0.717) is 17.9 Å². The van der Waals surface area contributed by atoms with Crippen molar-refractivity contribution in [2.24, 2.45) is 5.92 Å². The van der Waals surface area contributed by atoms with Gasteiger partial charge in [0.05, 0.1) is 0 Å². The van der Waals surface area contributed by atoms with E-state index < -0.39 is 0 Å². The number of hydrogen-bond acceptors (Lipinski definition) is 4. The van der Waals surface area contributed by atoms with Gasteiger partial charge in [0.1, 0.15) is 17.5 Å². The zero-order valence-electron chi connectivity index (χ0n) is 13.5. The Bertz CT molecular complexity index is 452. The van der Waals surface area contributed by atoms with Gasteiger partial charge in [0.15, 0.2) is 0 Å². The molecule has 2 N–H and O–H groups in total. The molecule has 0 bridgehead atoms. The number of rotatable bonds is 7. The number of nitrogens with zero attached hydrogens (tertiary/aromatic N) is 2. The summed E-state index contributed by atoms with van der Waals surface area (Å²) in [4.78, 5) is 9.45. The van der Waals surface area contributed by atoms with Gasteiger partial charge >= 0.3 is 0 Å². The second-order valence-corrected chi connectivity index (χ2v) is 6.38. The van der Waals surface area contributed by atoms with Gasteiger partial charge in [-0.25, -0.2) is 9.97 Å². The highest BCUT2D eigenvalue weighted by Crippen LogP contribution is 2.39. The van der Waals surface area contributed by atoms with Crippen LogP contribution in [0, 0.1) is 12.8 Å². The molecule has 1 unspecified atom stereocenters. The summed E-state index contributed by atoms with van der Waals surface area (Å²) in [5.41, 5.74) is 1.13. The molecular weight excluding hydrogens is 248 g/mol. The first-order valence-electron chi connectivity index (χ1n) is 7.90. The Balaban J connectivity index is 2.20. The van der Waals surface area contributed by atoms with Crippen molar-refractivity contribution in [3.8, 4) is 0 Å². The van der Waals surface area contributed by atoms with Crippen LogP contribution in [-0.4, -0.2) is 22.6 Å². The van der Waals surface area contributed by atoms with Crippen LogP contribution < -0.4 is 10.6 Å². The number of hydrogen-bond donors (Lipinski definition) is 2. The zero-order chi connectivity index (χ0) is 14.7. The maximum Gasteiger partial charge on any atom is 0.136 e. The summed E-state index contributed by atoms with van der Waals surface area (Å²) < 4.78 is 0. The van der Waals surface area contributed by atoms with Gasteiger partial charge in [-0.3, -0.25) is 0 Å². The monoisotopic (exact) mass is 276 g/mol. The van der Waals surface area contributed by atoms with Gasteiger partial charge in [-0.15, -0.1) is 0 Å². The lowest BCUT2D eigenvalue weighted by Crippen LogP contribution is -2.20. The molecule has 1 heterocycles. The molecule has 0 amide bonds. The van der Waals surface area contributed by atoms with Crippen molar-refractivity contribution >= 4 is 11.6 Å². The van der Waals surface area contributed by atoms with Crippen LogP contribution in [0.3, 0.4) is 0 Å². The first-order chi connectivity index (χ1) is 9.51. The van der Waals surface area contributed by atoms with Gasteiger partial charge in [-0.1, -0.05) is 13.8 Å². The minimum Gasteiger partial charge on any atom is -0.370 e. The van der Waals surface area contributed by atoms with Gasteiger partial charge in [-0.2, -0.15) is 0 Å². The Hall–Kier alpha value is -1.32. The second kappa shape index (κ2) is 6.42. The first kappa shape index (κ1) is 15.1. The summed E-state index contributed by atoms with van der Waals surface area (Å²) >= 11 is 0. The number of aromatic nitrogens is 2. The largest absolute Gasteiger partial charge is 0.370 e. The van der Waals surface area contributed by atoms with Crippen LogP contribution in [0.4, 0.5) is 11.6 Å². The SMILES string of the molecule is CCNc1nc(C2CC2)nc(NC(C)CC(C)C)c1C. The molecule has 1 aromatic heterocycles. The fourth-order valence-electron chi connectivity index (χ4n) is 2.54. The van der Waals surface area contributed by atoms with Gasteiger partial charge in [0.25, 0.3) is 0 Å². The highest BCUT2D eigenvalue weighted by atomic mass is 15.1. The molecule has 1 aliphatic carbocycles. The van der Waals surface area contributed by atoms with E-state index in [0.717, 1.165) is 36.0 Å². The standard InChI is InChI=1S/C16H28N4/c1-6-17-14-12(5)15(18-11(4)9-10(2)3)20-16(19-14)13-7-8-13/h10-11,13H,6-9H2,1-5H3,(H2,17,18,19,20). The highest BCUT2D eigenvalue weighted by molar-refractivity contribution is 5.58. The highest BCUT2D eigenvalue weighted by Gasteiger charge is 2.28. The third-order valence-electron chi connectivity index (χ3n) is 3.66. The van der Waals surface area contributed by atoms with E-state index in [4.69, 9.17) is 9.97 Å². The van der Waals surface area contributed by atoms with Crippen LogP contribution in [0.25, 0.3) is 0 Å². The molecule has 1 fully saturated rings. The van der Waals surface area contributed by atoms with E-state index in [1.807, 2.05) is 0 Å². The molecule has 1 saturated carbocycles. The van der Waals surface area contributed by atoms with Gasteiger partial charge in [-0.05, 0) is 46.0 Å². The van der Waals surface area contributed by atoms with Crippen LogP contribution in [0.1, 0.15) is 64.3 Å². The smallest absolute Gasteiger partial charge is 0.136 e. The van der Waals surface area contributed by atoms with Crippen LogP contribution in [0.5, 0.6) is 0 Å². The van der Waals surface area contributed by atoms with Crippen molar-refractivity contribution in [3.05, 3.63) is 11.4 Å². The summed E-state index contributed by atoms with van der Waals surface area (Å²) in [5.74, 6) is 4.27. The van der Waals surface area contributed by atoms with Crippen LogP contribution in [0.2, 0.25) is 0 Å². The third kappa shape index (κ3) is 3.84. The van der Waals surface area contributed by atoms with E-state index in [1.54, 1.807) is 0 Å². The molecule has 1 aromatic rings. The number of nitrogens with one attached hydrogen (secondary N) is 2. The molecule has 1 aliphatic rings. The summed E-state index contributed by atoms with van der Waals surface area (Å²) in [6.45, 7) is 11.8. The van der Waals surface area contributed by atoms with E-state index >= 15 is 0 Å². The summed E-state index contributed by atoms with van der Waals surface area (Å²) in [6, 6.07) is 0.435. The first-order valence-corrected chi connectivity index (χ1v) is 7.90. The molecular formula is C16H28N4. The minimum atomic E-state index is 0.435. The molecule has 1 atom stereocenters. The van der Waals surface area contributed by atoms with Gasteiger partial charge < -0.3 is 10.6 Å². The molecule has 0 spiro atoms. The normalized spacial score (nSPS) is 16.3. The van der Waals surface area contributed by atoms with Crippen LogP contribution in [-0.2, 0) is 0 Å². The number of anilines is 2. The topological polar surface area (TPSA) is 49.8 Å². The van der Waals surface area contributed by atoms with Crippen molar-refractivity contribution in [2.75, 3.05) is 17.2 Å². The Morgan fingerprint density at radius 1 is 1.15 bits per heavy atom. The summed E-state index contributed by atoms with van der Waals surface area (Å²) in [5, 5.41) is 6.93. The van der Waals surface area contributed by atoms with Gasteiger partial charge in [0, 0.05) is 24.1 Å². The predicted molar refractivity (Wildman–Crippen MR) is 85.4 cm³/mol. The average Bonchev–Trinajstić information content (AvgIpc) is 3.17. The lowest BCUT2D eigenvalue weighted by Gasteiger charge is -2.20. The molecule has 2 rings (SSSR count). The fourth-order valence-corrected chi connectivity index (χ4v) is 2.54. The second-order valence-electron chi connectivity index (χ2n) is 6.38. The van der Waals surface area contributed by atoms with Crippen molar-refractivity contribution < 1.29 is 0 Å². The molecule has 0 radical (unpaired) electrons. The van der Waals surface area contributed by atoms with Crippen molar-refractivity contribution in [3.63, 3.8) is 0 Å². The lowest BCUT2D eigenvalue weighted by atomic mass is 10.1.